The van der Waals surface area contributed by atoms with E-state index in [1.165, 1.54) is 0 Å². The molecule has 0 bridgehead atoms. The summed E-state index contributed by atoms with van der Waals surface area (Å²) in [6, 6.07) is 9.13. The molecule has 3 aromatic rings. The molecule has 2 aromatic heterocycles. The number of nitrogens with one attached hydrogen (secondary N) is 2. The summed E-state index contributed by atoms with van der Waals surface area (Å²) in [5.41, 5.74) is 0.452. The van der Waals surface area contributed by atoms with Gasteiger partial charge in [0.25, 0.3) is 0 Å². The van der Waals surface area contributed by atoms with Crippen molar-refractivity contribution in [2.24, 2.45) is 0 Å². The van der Waals surface area contributed by atoms with Gasteiger partial charge in [-0.2, -0.15) is 13.2 Å². The minimum absolute atomic E-state index is 0.119. The lowest BCUT2D eigenvalue weighted by atomic mass is 10.2. The van der Waals surface area contributed by atoms with Gasteiger partial charge >= 0.3 is 12.2 Å². The zero-order valence-electron chi connectivity index (χ0n) is 11.5. The first-order valence-electron chi connectivity index (χ1n) is 6.51. The fraction of sp³-hybridized carbons (Fsp3) is 0.0667. The van der Waals surface area contributed by atoms with Crippen molar-refractivity contribution >= 4 is 39.0 Å². The predicted octanol–water partition coefficient (Wildman–Crippen LogP) is 4.96. The van der Waals surface area contributed by atoms with Crippen LogP contribution in [0.25, 0.3) is 10.9 Å². The average molecular weight is 337 g/mol. The lowest BCUT2D eigenvalue weighted by molar-refractivity contribution is -0.137. The topological polar surface area (TPSA) is 54.0 Å². The van der Waals surface area contributed by atoms with Gasteiger partial charge in [-0.1, -0.05) is 18.2 Å². The van der Waals surface area contributed by atoms with Crippen molar-refractivity contribution in [2.45, 2.75) is 6.18 Å². The summed E-state index contributed by atoms with van der Waals surface area (Å²) in [7, 11) is 0. The van der Waals surface area contributed by atoms with Gasteiger partial charge < -0.3 is 5.32 Å². The third kappa shape index (κ3) is 3.42. The molecular weight excluding hydrogens is 327 g/mol. The van der Waals surface area contributed by atoms with Gasteiger partial charge in [0.2, 0.25) is 0 Å². The number of nitrogens with zero attached hydrogens (tertiary/aromatic N) is 1. The first-order valence-corrected chi connectivity index (χ1v) is 7.39. The number of aromatic nitrogens is 1. The van der Waals surface area contributed by atoms with E-state index in [-0.39, 0.29) is 5.00 Å². The van der Waals surface area contributed by atoms with E-state index >= 15 is 0 Å². The largest absolute Gasteiger partial charge is 0.417 e. The molecule has 0 spiro atoms. The van der Waals surface area contributed by atoms with E-state index in [0.29, 0.717) is 11.2 Å². The normalized spacial score (nSPS) is 11.4. The zero-order valence-corrected chi connectivity index (χ0v) is 12.3. The summed E-state index contributed by atoms with van der Waals surface area (Å²) in [5, 5.41) is 6.83. The van der Waals surface area contributed by atoms with Crippen LogP contribution in [-0.2, 0) is 6.18 Å². The molecule has 0 radical (unpaired) electrons. The van der Waals surface area contributed by atoms with Crippen LogP contribution < -0.4 is 10.6 Å². The standard InChI is InChI=1S/C15H10F3N3OS/c16-15(17,18)9-7-13(23-8-9)21-14(22)20-12-5-6-19-11-4-2-1-3-10(11)12/h1-8H,(H2,19,20,21,22). The van der Waals surface area contributed by atoms with Crippen LogP contribution in [0.15, 0.2) is 48.0 Å². The van der Waals surface area contributed by atoms with Crippen molar-refractivity contribution in [3.8, 4) is 0 Å². The molecule has 0 unspecified atom stereocenters. The summed E-state index contributed by atoms with van der Waals surface area (Å²) in [6.07, 6.45) is -2.88. The van der Waals surface area contributed by atoms with Gasteiger partial charge in [0.05, 0.1) is 21.8 Å². The van der Waals surface area contributed by atoms with Crippen molar-refractivity contribution in [1.29, 1.82) is 0 Å². The predicted molar refractivity (Wildman–Crippen MR) is 83.7 cm³/mol. The Kier molecular flexibility index (Phi) is 3.91. The van der Waals surface area contributed by atoms with E-state index in [2.05, 4.69) is 15.6 Å². The smallest absolute Gasteiger partial charge is 0.307 e. The SMILES string of the molecule is O=C(Nc1cc(C(F)(F)F)cs1)Nc1ccnc2ccccc12. The molecule has 0 aliphatic carbocycles. The van der Waals surface area contributed by atoms with Crippen molar-refractivity contribution < 1.29 is 18.0 Å². The summed E-state index contributed by atoms with van der Waals surface area (Å²) in [4.78, 5) is 16.1. The molecule has 23 heavy (non-hydrogen) atoms. The molecule has 0 saturated heterocycles. The Morgan fingerprint density at radius 1 is 1.13 bits per heavy atom. The van der Waals surface area contributed by atoms with Gasteiger partial charge in [-0.05, 0) is 18.2 Å². The van der Waals surface area contributed by atoms with Crippen LogP contribution in [0.3, 0.4) is 0 Å². The molecule has 0 fully saturated rings. The van der Waals surface area contributed by atoms with E-state index in [1.807, 2.05) is 12.1 Å². The summed E-state index contributed by atoms with van der Waals surface area (Å²) >= 11 is 0.815. The molecule has 3 rings (SSSR count). The van der Waals surface area contributed by atoms with Gasteiger partial charge in [0.15, 0.2) is 0 Å². The summed E-state index contributed by atoms with van der Waals surface area (Å²) in [5.74, 6) is 0. The van der Waals surface area contributed by atoms with Crippen LogP contribution in [0.5, 0.6) is 0 Å². The highest BCUT2D eigenvalue weighted by atomic mass is 32.1. The number of benzene rings is 1. The maximum Gasteiger partial charge on any atom is 0.417 e. The number of carbonyl (C=O) groups is 1. The molecule has 2 heterocycles. The Labute approximate surface area is 133 Å². The number of hydrogen-bond donors (Lipinski definition) is 2. The van der Waals surface area contributed by atoms with E-state index in [0.717, 1.165) is 28.2 Å². The fourth-order valence-corrected chi connectivity index (χ4v) is 2.82. The minimum Gasteiger partial charge on any atom is -0.307 e. The molecule has 2 amide bonds. The molecule has 8 heteroatoms. The minimum atomic E-state index is -4.42. The lowest BCUT2D eigenvalue weighted by Crippen LogP contribution is -2.19. The molecule has 118 valence electrons. The summed E-state index contributed by atoms with van der Waals surface area (Å²) in [6.45, 7) is 0. The van der Waals surface area contributed by atoms with Crippen LogP contribution in [0.2, 0.25) is 0 Å². The number of thiophene rings is 1. The number of alkyl halides is 3. The second-order valence-corrected chi connectivity index (χ2v) is 5.56. The maximum atomic E-state index is 12.5. The number of halogens is 3. The number of carbonyl (C=O) groups excluding carboxylic acids is 1. The zero-order chi connectivity index (χ0) is 16.4. The van der Waals surface area contributed by atoms with Crippen LogP contribution in [0.1, 0.15) is 5.56 Å². The Morgan fingerprint density at radius 2 is 1.91 bits per heavy atom. The molecule has 0 aliphatic heterocycles. The Balaban J connectivity index is 1.75. The first kappa shape index (κ1) is 15.3. The number of pyridine rings is 1. The molecule has 0 aliphatic rings. The van der Waals surface area contributed by atoms with E-state index in [1.54, 1.807) is 24.4 Å². The molecule has 0 atom stereocenters. The van der Waals surface area contributed by atoms with E-state index < -0.39 is 17.8 Å². The molecular formula is C15H10F3N3OS. The second kappa shape index (κ2) is 5.88. The molecule has 0 saturated carbocycles. The molecule has 2 N–H and O–H groups in total. The number of urea groups is 1. The molecule has 4 nitrogen and oxygen atoms in total. The number of anilines is 2. The number of para-hydroxylation sites is 1. The maximum absolute atomic E-state index is 12.5. The Bertz CT molecular complexity index is 855. The quantitative estimate of drug-likeness (QED) is 0.694. The van der Waals surface area contributed by atoms with Crippen LogP contribution in [0, 0.1) is 0 Å². The van der Waals surface area contributed by atoms with Crippen molar-refractivity contribution in [3.05, 3.63) is 53.5 Å². The highest BCUT2D eigenvalue weighted by Crippen LogP contribution is 2.34. The summed E-state index contributed by atoms with van der Waals surface area (Å²) < 4.78 is 37.6. The number of rotatable bonds is 2. The van der Waals surface area contributed by atoms with Crippen LogP contribution in [-0.4, -0.2) is 11.0 Å². The number of hydrogen-bond acceptors (Lipinski definition) is 3. The Morgan fingerprint density at radius 3 is 2.65 bits per heavy atom. The third-order valence-corrected chi connectivity index (χ3v) is 3.91. The number of amides is 2. The van der Waals surface area contributed by atoms with Gasteiger partial charge in [0.1, 0.15) is 0 Å². The average Bonchev–Trinajstić information content (AvgIpc) is 2.96. The number of fused-ring (bicyclic) bond motifs is 1. The van der Waals surface area contributed by atoms with E-state index in [4.69, 9.17) is 0 Å². The van der Waals surface area contributed by atoms with Gasteiger partial charge in [-0.3, -0.25) is 10.3 Å². The third-order valence-electron chi connectivity index (χ3n) is 3.06. The van der Waals surface area contributed by atoms with Crippen molar-refractivity contribution in [1.82, 2.24) is 4.98 Å². The van der Waals surface area contributed by atoms with Crippen LogP contribution >= 0.6 is 11.3 Å². The second-order valence-electron chi connectivity index (χ2n) is 4.65. The lowest BCUT2D eigenvalue weighted by Gasteiger charge is -2.08. The molecule has 1 aromatic carbocycles. The van der Waals surface area contributed by atoms with Crippen molar-refractivity contribution in [2.75, 3.05) is 10.6 Å². The van der Waals surface area contributed by atoms with Gasteiger partial charge in [-0.25, -0.2) is 4.79 Å². The highest BCUT2D eigenvalue weighted by Gasteiger charge is 2.31. The van der Waals surface area contributed by atoms with Gasteiger partial charge in [0, 0.05) is 17.0 Å². The first-order chi connectivity index (χ1) is 10.9. The van der Waals surface area contributed by atoms with Crippen molar-refractivity contribution in [3.63, 3.8) is 0 Å². The van der Waals surface area contributed by atoms with E-state index in [9.17, 15) is 18.0 Å². The highest BCUT2D eigenvalue weighted by molar-refractivity contribution is 7.14. The fourth-order valence-electron chi connectivity index (χ4n) is 2.02. The monoisotopic (exact) mass is 337 g/mol. The van der Waals surface area contributed by atoms with Gasteiger partial charge in [-0.15, -0.1) is 11.3 Å². The van der Waals surface area contributed by atoms with Crippen LogP contribution in [0.4, 0.5) is 28.7 Å². The Hall–Kier alpha value is -2.61.